The average Bonchev–Trinajstić information content (AvgIpc) is 3.02. The van der Waals surface area contributed by atoms with Crippen LogP contribution in [-0.4, -0.2) is 27.6 Å². The van der Waals surface area contributed by atoms with Crippen molar-refractivity contribution < 1.29 is 9.18 Å². The molecule has 0 radical (unpaired) electrons. The Labute approximate surface area is 150 Å². The van der Waals surface area contributed by atoms with Crippen LogP contribution in [0.25, 0.3) is 0 Å². The lowest BCUT2D eigenvalue weighted by Crippen LogP contribution is -2.26. The molecular weight excluding hydrogens is 341 g/mol. The van der Waals surface area contributed by atoms with Crippen LogP contribution in [0.15, 0.2) is 60.9 Å². The molecule has 3 aromatic rings. The summed E-state index contributed by atoms with van der Waals surface area (Å²) in [5.74, 6) is -0.729. The summed E-state index contributed by atoms with van der Waals surface area (Å²) in [6, 6.07) is 13.8. The van der Waals surface area contributed by atoms with Gasteiger partial charge in [-0.05, 0) is 23.8 Å². The molecule has 1 heterocycles. The molecular formula is C19H17ClFN3O. The van der Waals surface area contributed by atoms with Gasteiger partial charge in [0.05, 0.1) is 23.3 Å². The highest BCUT2D eigenvalue weighted by atomic mass is 35.5. The van der Waals surface area contributed by atoms with Crippen molar-refractivity contribution in [1.29, 1.82) is 0 Å². The summed E-state index contributed by atoms with van der Waals surface area (Å²) >= 11 is 5.96. The van der Waals surface area contributed by atoms with E-state index in [1.165, 1.54) is 17.0 Å². The summed E-state index contributed by atoms with van der Waals surface area (Å²) in [5.41, 5.74) is 2.34. The lowest BCUT2D eigenvalue weighted by atomic mass is 10.2. The maximum atomic E-state index is 13.1. The molecule has 0 N–H and O–H groups in total. The Morgan fingerprint density at radius 2 is 1.96 bits per heavy atom. The van der Waals surface area contributed by atoms with E-state index in [2.05, 4.69) is 5.10 Å². The van der Waals surface area contributed by atoms with E-state index in [9.17, 15) is 9.18 Å². The van der Waals surface area contributed by atoms with Gasteiger partial charge in [0.15, 0.2) is 0 Å². The molecule has 6 heteroatoms. The number of hydrogen-bond acceptors (Lipinski definition) is 2. The monoisotopic (exact) mass is 357 g/mol. The molecule has 0 saturated heterocycles. The van der Waals surface area contributed by atoms with E-state index in [1.54, 1.807) is 13.2 Å². The predicted octanol–water partition coefficient (Wildman–Crippen LogP) is 4.00. The number of carbonyl (C=O) groups excluding carboxylic acids is 1. The van der Waals surface area contributed by atoms with Crippen LogP contribution in [0.2, 0.25) is 5.02 Å². The summed E-state index contributed by atoms with van der Waals surface area (Å²) in [6.45, 7) is 1.06. The van der Waals surface area contributed by atoms with Gasteiger partial charge in [0.25, 0.3) is 5.91 Å². The quantitative estimate of drug-likeness (QED) is 0.692. The number of hydrogen-bond donors (Lipinski definition) is 0. The molecule has 0 fully saturated rings. The molecule has 25 heavy (non-hydrogen) atoms. The number of nitrogens with zero attached hydrogens (tertiary/aromatic N) is 3. The molecule has 1 aromatic heterocycles. The molecule has 0 unspecified atom stereocenters. The first-order valence-corrected chi connectivity index (χ1v) is 8.16. The molecule has 1 amide bonds. The van der Waals surface area contributed by atoms with Crippen molar-refractivity contribution in [3.63, 3.8) is 0 Å². The second kappa shape index (κ2) is 7.49. The van der Waals surface area contributed by atoms with E-state index in [-0.39, 0.29) is 16.5 Å². The van der Waals surface area contributed by atoms with Gasteiger partial charge >= 0.3 is 0 Å². The topological polar surface area (TPSA) is 38.1 Å². The molecule has 0 aliphatic rings. The van der Waals surface area contributed by atoms with Crippen molar-refractivity contribution in [2.24, 2.45) is 0 Å². The summed E-state index contributed by atoms with van der Waals surface area (Å²) in [6.07, 6.45) is 3.64. The largest absolute Gasteiger partial charge is 0.337 e. The lowest BCUT2D eigenvalue weighted by molar-refractivity contribution is 0.0785. The maximum Gasteiger partial charge on any atom is 0.255 e. The fourth-order valence-corrected chi connectivity index (χ4v) is 2.81. The van der Waals surface area contributed by atoms with E-state index in [1.807, 2.05) is 41.2 Å². The minimum atomic E-state index is -0.466. The minimum Gasteiger partial charge on any atom is -0.337 e. The van der Waals surface area contributed by atoms with Crippen LogP contribution in [0.4, 0.5) is 4.39 Å². The van der Waals surface area contributed by atoms with Crippen LogP contribution in [0.1, 0.15) is 21.5 Å². The number of benzene rings is 2. The first-order valence-electron chi connectivity index (χ1n) is 7.78. The second-order valence-corrected chi connectivity index (χ2v) is 6.22. The minimum absolute atomic E-state index is 0.108. The van der Waals surface area contributed by atoms with Gasteiger partial charge in [-0.2, -0.15) is 5.10 Å². The zero-order valence-electron chi connectivity index (χ0n) is 13.7. The van der Waals surface area contributed by atoms with Crippen molar-refractivity contribution in [1.82, 2.24) is 14.7 Å². The Balaban J connectivity index is 1.67. The van der Waals surface area contributed by atoms with E-state index < -0.39 is 5.82 Å². The van der Waals surface area contributed by atoms with Gasteiger partial charge in [0.2, 0.25) is 0 Å². The molecule has 3 rings (SSSR count). The highest BCUT2D eigenvalue weighted by Crippen LogP contribution is 2.19. The average molecular weight is 358 g/mol. The third-order valence-corrected chi connectivity index (χ3v) is 4.11. The van der Waals surface area contributed by atoms with Crippen LogP contribution in [-0.2, 0) is 13.1 Å². The molecule has 0 aliphatic carbocycles. The van der Waals surface area contributed by atoms with Gasteiger partial charge in [0, 0.05) is 25.4 Å². The lowest BCUT2D eigenvalue weighted by Gasteiger charge is -2.17. The van der Waals surface area contributed by atoms with E-state index in [0.717, 1.165) is 17.2 Å². The number of rotatable bonds is 5. The van der Waals surface area contributed by atoms with Crippen LogP contribution in [0.5, 0.6) is 0 Å². The second-order valence-electron chi connectivity index (χ2n) is 5.82. The SMILES string of the molecule is CN(Cc1cnn(Cc2ccccc2)c1)C(=O)c1ccc(F)cc1Cl. The fourth-order valence-electron chi connectivity index (χ4n) is 2.56. The van der Waals surface area contributed by atoms with Gasteiger partial charge < -0.3 is 4.90 Å². The summed E-state index contributed by atoms with van der Waals surface area (Å²) in [5, 5.41) is 4.44. The molecule has 128 valence electrons. The van der Waals surface area contributed by atoms with E-state index in [0.29, 0.717) is 13.1 Å². The smallest absolute Gasteiger partial charge is 0.255 e. The van der Waals surface area contributed by atoms with E-state index in [4.69, 9.17) is 11.6 Å². The Hall–Kier alpha value is -2.66. The highest BCUT2D eigenvalue weighted by molar-refractivity contribution is 6.33. The number of halogens is 2. The fraction of sp³-hybridized carbons (Fsp3) is 0.158. The first kappa shape index (κ1) is 17.2. The molecule has 0 bridgehead atoms. The first-order chi connectivity index (χ1) is 12.0. The van der Waals surface area contributed by atoms with Gasteiger partial charge in [-0.1, -0.05) is 41.9 Å². The van der Waals surface area contributed by atoms with Gasteiger partial charge in [0.1, 0.15) is 5.82 Å². The van der Waals surface area contributed by atoms with Crippen molar-refractivity contribution in [2.45, 2.75) is 13.1 Å². The number of aromatic nitrogens is 2. The Morgan fingerprint density at radius 1 is 1.20 bits per heavy atom. The Kier molecular flexibility index (Phi) is 5.14. The van der Waals surface area contributed by atoms with E-state index >= 15 is 0 Å². The molecule has 0 atom stereocenters. The third kappa shape index (κ3) is 4.25. The van der Waals surface area contributed by atoms with Crippen molar-refractivity contribution in [3.8, 4) is 0 Å². The molecule has 0 aliphatic heterocycles. The van der Waals surface area contributed by atoms with Gasteiger partial charge in [-0.25, -0.2) is 4.39 Å². The molecule has 0 spiro atoms. The van der Waals surface area contributed by atoms with Crippen LogP contribution in [0, 0.1) is 5.82 Å². The van der Waals surface area contributed by atoms with Crippen LogP contribution < -0.4 is 0 Å². The maximum absolute atomic E-state index is 13.1. The van der Waals surface area contributed by atoms with Crippen LogP contribution in [0.3, 0.4) is 0 Å². The number of amides is 1. The zero-order chi connectivity index (χ0) is 17.8. The van der Waals surface area contributed by atoms with Crippen LogP contribution >= 0.6 is 11.6 Å². The normalized spacial score (nSPS) is 10.7. The summed E-state index contributed by atoms with van der Waals surface area (Å²) in [4.78, 5) is 14.0. The number of carbonyl (C=O) groups is 1. The Morgan fingerprint density at radius 3 is 2.68 bits per heavy atom. The van der Waals surface area contributed by atoms with Crippen molar-refractivity contribution >= 4 is 17.5 Å². The summed E-state index contributed by atoms with van der Waals surface area (Å²) in [7, 11) is 1.68. The standard InChI is InChI=1S/C19H17ClFN3O/c1-23(19(25)17-8-7-16(21)9-18(17)20)11-15-10-22-24(13-15)12-14-5-3-2-4-6-14/h2-10,13H,11-12H2,1H3. The van der Waals surface area contributed by atoms with Crippen molar-refractivity contribution in [2.75, 3.05) is 7.05 Å². The molecule has 4 nitrogen and oxygen atoms in total. The Bertz CT molecular complexity index is 879. The molecule has 0 saturated carbocycles. The zero-order valence-corrected chi connectivity index (χ0v) is 14.4. The van der Waals surface area contributed by atoms with Gasteiger partial charge in [-0.15, -0.1) is 0 Å². The highest BCUT2D eigenvalue weighted by Gasteiger charge is 2.16. The summed E-state index contributed by atoms with van der Waals surface area (Å²) < 4.78 is 14.9. The third-order valence-electron chi connectivity index (χ3n) is 3.80. The van der Waals surface area contributed by atoms with Crippen molar-refractivity contribution in [3.05, 3.63) is 88.5 Å². The predicted molar refractivity (Wildman–Crippen MR) is 95.0 cm³/mol. The molecule has 2 aromatic carbocycles. The van der Waals surface area contributed by atoms with Gasteiger partial charge in [-0.3, -0.25) is 9.48 Å².